The van der Waals surface area contributed by atoms with Crippen LogP contribution in [-0.2, 0) is 0 Å². The number of aliphatic hydroxyl groups is 1. The predicted octanol–water partition coefficient (Wildman–Crippen LogP) is 2.61. The molecule has 2 aromatic rings. The molecule has 0 bridgehead atoms. The van der Waals surface area contributed by atoms with Crippen molar-refractivity contribution in [3.8, 4) is 5.75 Å². The average molecular weight is 242 g/mol. The standard InChI is InChI=1S/C15H14O3/c1-18-13-9-7-12(8-10-13)15(17)14(16)11-5-3-2-4-6-11/h2-10,15,17H,1H3. The Bertz CT molecular complexity index is 517. The van der Waals surface area contributed by atoms with Crippen LogP contribution in [0.15, 0.2) is 54.6 Å². The number of methoxy groups -OCH3 is 1. The highest BCUT2D eigenvalue weighted by molar-refractivity contribution is 5.99. The van der Waals surface area contributed by atoms with Gasteiger partial charge in [0.25, 0.3) is 0 Å². The van der Waals surface area contributed by atoms with Crippen molar-refractivity contribution in [3.05, 3.63) is 65.7 Å². The molecule has 92 valence electrons. The zero-order valence-electron chi connectivity index (χ0n) is 10.0. The van der Waals surface area contributed by atoms with E-state index in [1.165, 1.54) is 0 Å². The molecule has 0 saturated carbocycles. The van der Waals surface area contributed by atoms with E-state index in [1.54, 1.807) is 55.6 Å². The van der Waals surface area contributed by atoms with Crippen LogP contribution >= 0.6 is 0 Å². The molecule has 1 N–H and O–H groups in total. The summed E-state index contributed by atoms with van der Waals surface area (Å²) in [6.07, 6.45) is -1.14. The van der Waals surface area contributed by atoms with Crippen LogP contribution in [0.4, 0.5) is 0 Å². The molecule has 2 rings (SSSR count). The van der Waals surface area contributed by atoms with E-state index in [9.17, 15) is 9.90 Å². The summed E-state index contributed by atoms with van der Waals surface area (Å²) in [5.41, 5.74) is 1.06. The average Bonchev–Trinajstić information content (AvgIpc) is 2.47. The van der Waals surface area contributed by atoms with Crippen molar-refractivity contribution >= 4 is 5.78 Å². The van der Waals surface area contributed by atoms with Gasteiger partial charge in [0.1, 0.15) is 11.9 Å². The van der Waals surface area contributed by atoms with Crippen LogP contribution in [0.3, 0.4) is 0 Å². The van der Waals surface area contributed by atoms with Crippen molar-refractivity contribution in [2.24, 2.45) is 0 Å². The summed E-state index contributed by atoms with van der Waals surface area (Å²) in [6.45, 7) is 0. The second-order valence-corrected chi connectivity index (χ2v) is 3.91. The van der Waals surface area contributed by atoms with Gasteiger partial charge in [0.2, 0.25) is 0 Å². The Kier molecular flexibility index (Phi) is 3.75. The predicted molar refractivity (Wildman–Crippen MR) is 68.7 cm³/mol. The number of rotatable bonds is 4. The van der Waals surface area contributed by atoms with Crippen molar-refractivity contribution in [2.45, 2.75) is 6.10 Å². The number of ether oxygens (including phenoxy) is 1. The zero-order chi connectivity index (χ0) is 13.0. The molecule has 0 aliphatic rings. The number of carbonyl (C=O) groups is 1. The van der Waals surface area contributed by atoms with Crippen LogP contribution < -0.4 is 4.74 Å². The smallest absolute Gasteiger partial charge is 0.195 e. The molecule has 0 saturated heterocycles. The number of hydrogen-bond donors (Lipinski definition) is 1. The van der Waals surface area contributed by atoms with Gasteiger partial charge in [-0.2, -0.15) is 0 Å². The molecule has 0 aromatic heterocycles. The van der Waals surface area contributed by atoms with Crippen molar-refractivity contribution < 1.29 is 14.6 Å². The first-order valence-electron chi connectivity index (χ1n) is 5.63. The third-order valence-electron chi connectivity index (χ3n) is 2.74. The van der Waals surface area contributed by atoms with E-state index in [4.69, 9.17) is 4.74 Å². The van der Waals surface area contributed by atoms with E-state index in [0.717, 1.165) is 0 Å². The van der Waals surface area contributed by atoms with Gasteiger partial charge in [0.05, 0.1) is 7.11 Å². The molecule has 18 heavy (non-hydrogen) atoms. The number of Topliss-reactive ketones (excluding diaryl/α,β-unsaturated/α-hetero) is 1. The summed E-state index contributed by atoms with van der Waals surface area (Å²) in [5, 5.41) is 10.0. The first-order chi connectivity index (χ1) is 8.72. The molecule has 3 heteroatoms. The number of benzene rings is 2. The van der Waals surface area contributed by atoms with Gasteiger partial charge in [-0.1, -0.05) is 42.5 Å². The molecule has 0 aliphatic carbocycles. The fraction of sp³-hybridized carbons (Fsp3) is 0.133. The van der Waals surface area contributed by atoms with Crippen molar-refractivity contribution in [1.82, 2.24) is 0 Å². The third kappa shape index (κ3) is 2.57. The Morgan fingerprint density at radius 3 is 2.22 bits per heavy atom. The van der Waals surface area contributed by atoms with Gasteiger partial charge in [-0.05, 0) is 17.7 Å². The minimum Gasteiger partial charge on any atom is -0.497 e. The Labute approximate surface area is 106 Å². The van der Waals surface area contributed by atoms with Gasteiger partial charge in [0.15, 0.2) is 5.78 Å². The van der Waals surface area contributed by atoms with Crippen LogP contribution in [-0.4, -0.2) is 18.0 Å². The summed E-state index contributed by atoms with van der Waals surface area (Å²) < 4.78 is 5.03. The molecule has 0 radical (unpaired) electrons. The Balaban J connectivity index is 2.20. The summed E-state index contributed by atoms with van der Waals surface area (Å²) in [5.74, 6) is 0.388. The van der Waals surface area contributed by atoms with E-state index in [0.29, 0.717) is 16.9 Å². The molecule has 1 atom stereocenters. The monoisotopic (exact) mass is 242 g/mol. The van der Waals surface area contributed by atoms with E-state index < -0.39 is 6.10 Å². The molecule has 0 heterocycles. The summed E-state index contributed by atoms with van der Waals surface area (Å²) in [4.78, 5) is 12.0. The zero-order valence-corrected chi connectivity index (χ0v) is 10.0. The van der Waals surface area contributed by atoms with Crippen molar-refractivity contribution in [3.63, 3.8) is 0 Å². The highest BCUT2D eigenvalue weighted by Gasteiger charge is 2.18. The van der Waals surface area contributed by atoms with E-state index in [1.807, 2.05) is 6.07 Å². The van der Waals surface area contributed by atoms with E-state index in [-0.39, 0.29) is 5.78 Å². The van der Waals surface area contributed by atoms with Gasteiger partial charge < -0.3 is 9.84 Å². The summed E-state index contributed by atoms with van der Waals surface area (Å²) in [6, 6.07) is 15.6. The maximum Gasteiger partial charge on any atom is 0.195 e. The Morgan fingerprint density at radius 2 is 1.67 bits per heavy atom. The number of carbonyl (C=O) groups excluding carboxylic acids is 1. The maximum absolute atomic E-state index is 12.0. The Hall–Kier alpha value is -2.13. The largest absolute Gasteiger partial charge is 0.497 e. The number of aliphatic hydroxyl groups excluding tert-OH is 1. The van der Waals surface area contributed by atoms with Crippen LogP contribution in [0.25, 0.3) is 0 Å². The van der Waals surface area contributed by atoms with Crippen LogP contribution in [0.5, 0.6) is 5.75 Å². The SMILES string of the molecule is COc1ccc(C(O)C(=O)c2ccccc2)cc1. The molecule has 0 amide bonds. The topological polar surface area (TPSA) is 46.5 Å². The van der Waals surface area contributed by atoms with Gasteiger partial charge >= 0.3 is 0 Å². The van der Waals surface area contributed by atoms with Crippen molar-refractivity contribution in [1.29, 1.82) is 0 Å². The first kappa shape index (κ1) is 12.3. The van der Waals surface area contributed by atoms with Gasteiger partial charge in [0, 0.05) is 5.56 Å². The normalized spacial score (nSPS) is 11.9. The highest BCUT2D eigenvalue weighted by Crippen LogP contribution is 2.21. The third-order valence-corrected chi connectivity index (χ3v) is 2.74. The molecular weight excluding hydrogens is 228 g/mol. The lowest BCUT2D eigenvalue weighted by Crippen LogP contribution is -2.12. The van der Waals surface area contributed by atoms with Crippen LogP contribution in [0.2, 0.25) is 0 Å². The first-order valence-corrected chi connectivity index (χ1v) is 5.63. The lowest BCUT2D eigenvalue weighted by Gasteiger charge is -2.10. The summed E-state index contributed by atoms with van der Waals surface area (Å²) >= 11 is 0. The number of ketones is 1. The molecular formula is C15H14O3. The highest BCUT2D eigenvalue weighted by atomic mass is 16.5. The second kappa shape index (κ2) is 5.47. The maximum atomic E-state index is 12.0. The van der Waals surface area contributed by atoms with Gasteiger partial charge in [-0.15, -0.1) is 0 Å². The van der Waals surface area contributed by atoms with Gasteiger partial charge in [-0.25, -0.2) is 0 Å². The molecule has 2 aromatic carbocycles. The second-order valence-electron chi connectivity index (χ2n) is 3.91. The molecule has 0 aliphatic heterocycles. The lowest BCUT2D eigenvalue weighted by molar-refractivity contribution is 0.0747. The molecule has 3 nitrogen and oxygen atoms in total. The van der Waals surface area contributed by atoms with Crippen LogP contribution in [0, 0.1) is 0 Å². The fourth-order valence-corrected chi connectivity index (χ4v) is 1.70. The Morgan fingerprint density at radius 1 is 1.06 bits per heavy atom. The van der Waals surface area contributed by atoms with Crippen molar-refractivity contribution in [2.75, 3.05) is 7.11 Å². The lowest BCUT2D eigenvalue weighted by atomic mass is 10.00. The quantitative estimate of drug-likeness (QED) is 0.838. The molecule has 0 spiro atoms. The van der Waals surface area contributed by atoms with E-state index in [2.05, 4.69) is 0 Å². The number of hydrogen-bond acceptors (Lipinski definition) is 3. The van der Waals surface area contributed by atoms with Gasteiger partial charge in [-0.3, -0.25) is 4.79 Å². The minimum absolute atomic E-state index is 0.305. The molecule has 1 unspecified atom stereocenters. The minimum atomic E-state index is -1.14. The van der Waals surface area contributed by atoms with Crippen LogP contribution in [0.1, 0.15) is 22.0 Å². The fourth-order valence-electron chi connectivity index (χ4n) is 1.70. The summed E-state index contributed by atoms with van der Waals surface area (Å²) in [7, 11) is 1.57. The molecule has 0 fully saturated rings. The van der Waals surface area contributed by atoms with E-state index >= 15 is 0 Å².